The van der Waals surface area contributed by atoms with Crippen LogP contribution in [0.4, 0.5) is 5.69 Å². The molecule has 0 saturated carbocycles. The highest BCUT2D eigenvalue weighted by Gasteiger charge is 2.20. The van der Waals surface area contributed by atoms with Gasteiger partial charge in [-0.2, -0.15) is 0 Å². The first-order chi connectivity index (χ1) is 14.5. The third-order valence-electron chi connectivity index (χ3n) is 4.66. The van der Waals surface area contributed by atoms with Crippen molar-refractivity contribution in [3.63, 3.8) is 0 Å². The third-order valence-corrected chi connectivity index (χ3v) is 4.86. The quantitative estimate of drug-likeness (QED) is 0.368. The standard InChI is InChI=1S/C21H29N3O5S/c1-28-14-15-29-19(26)11-10-18(25)23-21(30)22-17-9-5-4-8-16(17)20(27)24-12-6-2-3-7-13-24/h4-5,8-9H,2-3,6-7,10-15H2,1H3,(H2,22,23,25,30). The van der Waals surface area contributed by atoms with Crippen LogP contribution in [0.5, 0.6) is 0 Å². The summed E-state index contributed by atoms with van der Waals surface area (Å²) in [4.78, 5) is 38.4. The topological polar surface area (TPSA) is 97.0 Å². The summed E-state index contributed by atoms with van der Waals surface area (Å²) in [6.07, 6.45) is 4.18. The number of nitrogens with one attached hydrogen (secondary N) is 2. The molecule has 1 aliphatic rings. The van der Waals surface area contributed by atoms with Crippen LogP contribution in [0.1, 0.15) is 48.9 Å². The molecule has 0 radical (unpaired) electrons. The van der Waals surface area contributed by atoms with E-state index in [0.29, 0.717) is 17.9 Å². The molecule has 1 fully saturated rings. The van der Waals surface area contributed by atoms with E-state index in [1.807, 2.05) is 4.90 Å². The van der Waals surface area contributed by atoms with Gasteiger partial charge >= 0.3 is 5.97 Å². The van der Waals surface area contributed by atoms with Gasteiger partial charge in [-0.3, -0.25) is 14.4 Å². The molecule has 1 heterocycles. The first-order valence-electron chi connectivity index (χ1n) is 10.1. The molecule has 9 heteroatoms. The smallest absolute Gasteiger partial charge is 0.306 e. The Bertz CT molecular complexity index is 748. The first-order valence-corrected chi connectivity index (χ1v) is 10.6. The zero-order chi connectivity index (χ0) is 21.8. The highest BCUT2D eigenvalue weighted by Crippen LogP contribution is 2.20. The predicted octanol–water partition coefficient (Wildman–Crippen LogP) is 2.49. The number of hydrogen-bond acceptors (Lipinski definition) is 6. The largest absolute Gasteiger partial charge is 0.463 e. The Kier molecular flexibility index (Phi) is 10.2. The van der Waals surface area contributed by atoms with Gasteiger partial charge in [-0.25, -0.2) is 0 Å². The van der Waals surface area contributed by atoms with Crippen molar-refractivity contribution in [3.05, 3.63) is 29.8 Å². The number of rotatable bonds is 8. The van der Waals surface area contributed by atoms with E-state index in [2.05, 4.69) is 10.6 Å². The van der Waals surface area contributed by atoms with E-state index < -0.39 is 11.9 Å². The molecule has 2 amide bonds. The second kappa shape index (κ2) is 12.9. The van der Waals surface area contributed by atoms with Crippen LogP contribution in [0.2, 0.25) is 0 Å². The van der Waals surface area contributed by atoms with E-state index in [4.69, 9.17) is 21.7 Å². The van der Waals surface area contributed by atoms with Crippen molar-refractivity contribution < 1.29 is 23.9 Å². The molecular formula is C21H29N3O5S. The Morgan fingerprint density at radius 2 is 1.73 bits per heavy atom. The lowest BCUT2D eigenvalue weighted by Crippen LogP contribution is -2.36. The Labute approximate surface area is 182 Å². The van der Waals surface area contributed by atoms with E-state index >= 15 is 0 Å². The van der Waals surface area contributed by atoms with Crippen LogP contribution in [0.25, 0.3) is 0 Å². The molecule has 8 nitrogen and oxygen atoms in total. The Morgan fingerprint density at radius 3 is 2.43 bits per heavy atom. The van der Waals surface area contributed by atoms with E-state index in [1.165, 1.54) is 7.11 Å². The number of hydrogen-bond donors (Lipinski definition) is 2. The van der Waals surface area contributed by atoms with Crippen LogP contribution < -0.4 is 10.6 Å². The van der Waals surface area contributed by atoms with Gasteiger partial charge in [-0.15, -0.1) is 0 Å². The number of benzene rings is 1. The van der Waals surface area contributed by atoms with Gasteiger partial charge in [0, 0.05) is 26.6 Å². The van der Waals surface area contributed by atoms with Crippen molar-refractivity contribution in [2.75, 3.05) is 38.7 Å². The van der Waals surface area contributed by atoms with E-state index in [1.54, 1.807) is 24.3 Å². The molecule has 0 aliphatic carbocycles. The second-order valence-corrected chi connectivity index (χ2v) is 7.38. The van der Waals surface area contributed by atoms with Crippen molar-refractivity contribution >= 4 is 40.8 Å². The normalized spacial score (nSPS) is 13.8. The Morgan fingerprint density at radius 1 is 1.03 bits per heavy atom. The number of para-hydroxylation sites is 1. The highest BCUT2D eigenvalue weighted by atomic mass is 32.1. The lowest BCUT2D eigenvalue weighted by atomic mass is 10.1. The SMILES string of the molecule is COCCOC(=O)CCC(=O)NC(=S)Nc1ccccc1C(=O)N1CCCCCC1. The average Bonchev–Trinajstić information content (AvgIpc) is 3.02. The van der Waals surface area contributed by atoms with Gasteiger partial charge in [0.2, 0.25) is 5.91 Å². The minimum Gasteiger partial charge on any atom is -0.463 e. The van der Waals surface area contributed by atoms with Crippen molar-refractivity contribution in [1.82, 2.24) is 10.2 Å². The van der Waals surface area contributed by atoms with E-state index in [-0.39, 0.29) is 30.5 Å². The van der Waals surface area contributed by atoms with Gasteiger partial charge in [0.05, 0.1) is 24.3 Å². The maximum absolute atomic E-state index is 13.0. The number of likely N-dealkylation sites (tertiary alicyclic amines) is 1. The molecule has 30 heavy (non-hydrogen) atoms. The molecule has 0 atom stereocenters. The average molecular weight is 436 g/mol. The van der Waals surface area contributed by atoms with Crippen LogP contribution in [0.15, 0.2) is 24.3 Å². The van der Waals surface area contributed by atoms with Crippen molar-refractivity contribution in [2.24, 2.45) is 0 Å². The number of methoxy groups -OCH3 is 1. The number of amides is 2. The monoisotopic (exact) mass is 435 g/mol. The summed E-state index contributed by atoms with van der Waals surface area (Å²) >= 11 is 5.20. The minimum absolute atomic E-state index is 0.0482. The van der Waals surface area contributed by atoms with Crippen molar-refractivity contribution in [1.29, 1.82) is 0 Å². The lowest BCUT2D eigenvalue weighted by Gasteiger charge is -2.22. The maximum Gasteiger partial charge on any atom is 0.306 e. The number of nitrogens with zero attached hydrogens (tertiary/aromatic N) is 1. The molecule has 1 aromatic carbocycles. The van der Waals surface area contributed by atoms with Gasteiger partial charge in [0.1, 0.15) is 6.61 Å². The molecular weight excluding hydrogens is 406 g/mol. The molecule has 2 rings (SSSR count). The maximum atomic E-state index is 13.0. The van der Waals surface area contributed by atoms with Crippen LogP contribution in [-0.4, -0.2) is 61.2 Å². The predicted molar refractivity (Wildman–Crippen MR) is 117 cm³/mol. The minimum atomic E-state index is -0.477. The first kappa shape index (κ1) is 23.8. The fourth-order valence-corrected chi connectivity index (χ4v) is 3.32. The molecule has 1 aromatic rings. The summed E-state index contributed by atoms with van der Waals surface area (Å²) in [6.45, 7) is 1.95. The van der Waals surface area contributed by atoms with Gasteiger partial charge in [-0.05, 0) is 37.2 Å². The number of carbonyl (C=O) groups excluding carboxylic acids is 3. The molecule has 164 valence electrons. The van der Waals surface area contributed by atoms with Crippen LogP contribution in [0.3, 0.4) is 0 Å². The zero-order valence-electron chi connectivity index (χ0n) is 17.3. The summed E-state index contributed by atoms with van der Waals surface area (Å²) in [5, 5.41) is 5.53. The van der Waals surface area contributed by atoms with Crippen LogP contribution in [0, 0.1) is 0 Å². The fourth-order valence-electron chi connectivity index (χ4n) is 3.09. The summed E-state index contributed by atoms with van der Waals surface area (Å²) < 4.78 is 9.70. The summed E-state index contributed by atoms with van der Waals surface area (Å²) in [5.41, 5.74) is 1.05. The van der Waals surface area contributed by atoms with Crippen molar-refractivity contribution in [3.8, 4) is 0 Å². The molecule has 0 bridgehead atoms. The molecule has 0 aromatic heterocycles. The van der Waals surface area contributed by atoms with Gasteiger partial charge in [-0.1, -0.05) is 25.0 Å². The number of thiocarbonyl (C=S) groups is 1. The van der Waals surface area contributed by atoms with Crippen molar-refractivity contribution in [2.45, 2.75) is 38.5 Å². The molecule has 0 unspecified atom stereocenters. The molecule has 2 N–H and O–H groups in total. The molecule has 1 saturated heterocycles. The van der Waals surface area contributed by atoms with E-state index in [9.17, 15) is 14.4 Å². The van der Waals surface area contributed by atoms with Gasteiger partial charge < -0.3 is 25.0 Å². The second-order valence-electron chi connectivity index (χ2n) is 6.97. The number of anilines is 1. The third kappa shape index (κ3) is 8.08. The number of esters is 1. The molecule has 0 spiro atoms. The highest BCUT2D eigenvalue weighted by molar-refractivity contribution is 7.80. The van der Waals surface area contributed by atoms with Gasteiger partial charge in [0.15, 0.2) is 5.11 Å². The van der Waals surface area contributed by atoms with E-state index in [0.717, 1.165) is 38.8 Å². The lowest BCUT2D eigenvalue weighted by molar-refractivity contribution is -0.146. The summed E-state index contributed by atoms with van der Waals surface area (Å²) in [5.74, 6) is -0.935. The number of carbonyl (C=O) groups is 3. The van der Waals surface area contributed by atoms with Crippen LogP contribution >= 0.6 is 12.2 Å². The molecule has 1 aliphatic heterocycles. The fraction of sp³-hybridized carbons (Fsp3) is 0.524. The number of ether oxygens (including phenoxy) is 2. The Balaban J connectivity index is 1.87. The Hall–Kier alpha value is -2.52. The summed E-state index contributed by atoms with van der Waals surface area (Å²) in [6, 6.07) is 7.09. The van der Waals surface area contributed by atoms with Gasteiger partial charge in [0.25, 0.3) is 5.91 Å². The summed E-state index contributed by atoms with van der Waals surface area (Å²) in [7, 11) is 1.51. The van der Waals surface area contributed by atoms with Crippen LogP contribution in [-0.2, 0) is 19.1 Å². The zero-order valence-corrected chi connectivity index (χ0v) is 18.1.